The number of rotatable bonds is 6. The van der Waals surface area contributed by atoms with Crippen LogP contribution in [0.3, 0.4) is 0 Å². The Kier molecular flexibility index (Phi) is 5.57. The number of aliphatic carboxylic acids is 1. The van der Waals surface area contributed by atoms with Gasteiger partial charge in [0.1, 0.15) is 0 Å². The van der Waals surface area contributed by atoms with Crippen molar-refractivity contribution in [2.45, 2.75) is 19.3 Å². The van der Waals surface area contributed by atoms with Crippen LogP contribution in [0.15, 0.2) is 24.3 Å². The van der Waals surface area contributed by atoms with Crippen molar-refractivity contribution in [3.63, 3.8) is 0 Å². The molecule has 0 saturated carbocycles. The number of nitrogens with zero attached hydrogens (tertiary/aromatic N) is 1. The van der Waals surface area contributed by atoms with E-state index in [1.54, 1.807) is 0 Å². The first kappa shape index (κ1) is 15.3. The summed E-state index contributed by atoms with van der Waals surface area (Å²) in [6.07, 6.45) is 0.573. The van der Waals surface area contributed by atoms with Gasteiger partial charge in [-0.05, 0) is 18.6 Å². The number of carboxylic acid groups (broad SMARTS) is 1. The van der Waals surface area contributed by atoms with Gasteiger partial charge in [-0.15, -0.1) is 0 Å². The average molecular weight is 292 g/mol. The molecule has 6 heteroatoms. The van der Waals surface area contributed by atoms with Crippen LogP contribution < -0.4 is 10.2 Å². The summed E-state index contributed by atoms with van der Waals surface area (Å²) in [5.74, 6) is -1.03. The van der Waals surface area contributed by atoms with Gasteiger partial charge in [0.05, 0.1) is 24.6 Å². The summed E-state index contributed by atoms with van der Waals surface area (Å²) >= 11 is 0. The Morgan fingerprint density at radius 2 is 1.90 bits per heavy atom. The molecule has 0 unspecified atom stereocenters. The van der Waals surface area contributed by atoms with Gasteiger partial charge in [0, 0.05) is 25.9 Å². The molecule has 1 aromatic rings. The van der Waals surface area contributed by atoms with Crippen LogP contribution in [-0.4, -0.2) is 43.3 Å². The average Bonchev–Trinajstić information content (AvgIpc) is 2.48. The van der Waals surface area contributed by atoms with Crippen molar-refractivity contribution in [3.05, 3.63) is 24.3 Å². The second kappa shape index (κ2) is 7.64. The number of nitrogens with one attached hydrogen (secondary N) is 1. The molecule has 0 radical (unpaired) electrons. The monoisotopic (exact) mass is 292 g/mol. The SMILES string of the molecule is O=C(O)CCCC(=O)Nc1ccccc1N1CCOCC1. The Labute approximate surface area is 123 Å². The molecule has 0 atom stereocenters. The first-order chi connectivity index (χ1) is 10.2. The van der Waals surface area contributed by atoms with Gasteiger partial charge in [-0.3, -0.25) is 9.59 Å². The van der Waals surface area contributed by atoms with E-state index in [0.717, 1.165) is 24.5 Å². The van der Waals surface area contributed by atoms with Gasteiger partial charge in [0.25, 0.3) is 0 Å². The largest absolute Gasteiger partial charge is 0.481 e. The summed E-state index contributed by atoms with van der Waals surface area (Å²) in [5, 5.41) is 11.4. The molecule has 0 aliphatic carbocycles. The maximum absolute atomic E-state index is 11.9. The van der Waals surface area contributed by atoms with Gasteiger partial charge >= 0.3 is 5.97 Å². The molecular weight excluding hydrogens is 272 g/mol. The number of hydrogen-bond donors (Lipinski definition) is 2. The van der Waals surface area contributed by atoms with E-state index < -0.39 is 5.97 Å². The second-order valence-corrected chi connectivity index (χ2v) is 4.91. The molecule has 1 aliphatic rings. The number of para-hydroxylation sites is 2. The van der Waals surface area contributed by atoms with Crippen LogP contribution >= 0.6 is 0 Å². The van der Waals surface area contributed by atoms with E-state index in [9.17, 15) is 9.59 Å². The maximum atomic E-state index is 11.9. The number of carboxylic acids is 1. The van der Waals surface area contributed by atoms with Gasteiger partial charge in [-0.25, -0.2) is 0 Å². The third-order valence-electron chi connectivity index (χ3n) is 3.32. The highest BCUT2D eigenvalue weighted by Gasteiger charge is 2.15. The Morgan fingerprint density at radius 1 is 1.19 bits per heavy atom. The fourth-order valence-corrected chi connectivity index (χ4v) is 2.27. The van der Waals surface area contributed by atoms with Crippen LogP contribution in [-0.2, 0) is 14.3 Å². The van der Waals surface area contributed by atoms with E-state index in [0.29, 0.717) is 19.6 Å². The van der Waals surface area contributed by atoms with Crippen molar-refractivity contribution in [3.8, 4) is 0 Å². The predicted octanol–water partition coefficient (Wildman–Crippen LogP) is 1.72. The smallest absolute Gasteiger partial charge is 0.303 e. The number of anilines is 2. The van der Waals surface area contributed by atoms with E-state index in [2.05, 4.69) is 10.2 Å². The van der Waals surface area contributed by atoms with Gasteiger partial charge < -0.3 is 20.1 Å². The highest BCUT2D eigenvalue weighted by atomic mass is 16.5. The maximum Gasteiger partial charge on any atom is 0.303 e. The van der Waals surface area contributed by atoms with Gasteiger partial charge in [0.15, 0.2) is 0 Å². The summed E-state index contributed by atoms with van der Waals surface area (Å²) in [7, 11) is 0. The van der Waals surface area contributed by atoms with Crippen LogP contribution in [0.25, 0.3) is 0 Å². The molecule has 1 heterocycles. The molecule has 2 rings (SSSR count). The molecule has 6 nitrogen and oxygen atoms in total. The molecule has 1 aromatic carbocycles. The van der Waals surface area contributed by atoms with Crippen LogP contribution in [0, 0.1) is 0 Å². The number of benzene rings is 1. The minimum absolute atomic E-state index is 0.0124. The van der Waals surface area contributed by atoms with Gasteiger partial charge in [0.2, 0.25) is 5.91 Å². The third-order valence-corrected chi connectivity index (χ3v) is 3.32. The molecular formula is C15H20N2O4. The lowest BCUT2D eigenvalue weighted by atomic mass is 10.2. The van der Waals surface area contributed by atoms with Crippen LogP contribution in [0.5, 0.6) is 0 Å². The highest BCUT2D eigenvalue weighted by Crippen LogP contribution is 2.26. The molecule has 2 N–H and O–H groups in total. The molecule has 114 valence electrons. The number of morpholine rings is 1. The van der Waals surface area contributed by atoms with Crippen molar-refractivity contribution < 1.29 is 19.4 Å². The zero-order chi connectivity index (χ0) is 15.1. The number of carbonyl (C=O) groups is 2. The van der Waals surface area contributed by atoms with Crippen molar-refractivity contribution in [1.82, 2.24) is 0 Å². The predicted molar refractivity (Wildman–Crippen MR) is 79.6 cm³/mol. The molecule has 1 amide bonds. The lowest BCUT2D eigenvalue weighted by molar-refractivity contribution is -0.137. The van der Waals surface area contributed by atoms with E-state index in [1.165, 1.54) is 0 Å². The number of hydrogen-bond acceptors (Lipinski definition) is 4. The summed E-state index contributed by atoms with van der Waals surface area (Å²) in [4.78, 5) is 24.5. The second-order valence-electron chi connectivity index (χ2n) is 4.91. The van der Waals surface area contributed by atoms with E-state index >= 15 is 0 Å². The van der Waals surface area contributed by atoms with E-state index in [1.807, 2.05) is 24.3 Å². The quantitative estimate of drug-likeness (QED) is 0.834. The standard InChI is InChI=1S/C15H20N2O4/c18-14(6-3-7-15(19)20)16-12-4-1-2-5-13(12)17-8-10-21-11-9-17/h1-2,4-5H,3,6-11H2,(H,16,18)(H,19,20). The lowest BCUT2D eigenvalue weighted by Gasteiger charge is -2.30. The van der Waals surface area contributed by atoms with E-state index in [-0.39, 0.29) is 18.7 Å². The fourth-order valence-electron chi connectivity index (χ4n) is 2.27. The molecule has 1 aliphatic heterocycles. The first-order valence-electron chi connectivity index (χ1n) is 7.10. The number of amides is 1. The zero-order valence-corrected chi connectivity index (χ0v) is 11.9. The number of carbonyl (C=O) groups excluding carboxylic acids is 1. The van der Waals surface area contributed by atoms with Crippen molar-refractivity contribution in [2.75, 3.05) is 36.5 Å². The summed E-state index contributed by atoms with van der Waals surface area (Å²) in [6, 6.07) is 7.64. The van der Waals surface area contributed by atoms with Crippen molar-refractivity contribution in [2.24, 2.45) is 0 Å². The molecule has 0 spiro atoms. The fraction of sp³-hybridized carbons (Fsp3) is 0.467. The molecule has 1 fully saturated rings. The first-order valence-corrected chi connectivity index (χ1v) is 7.10. The Morgan fingerprint density at radius 3 is 2.62 bits per heavy atom. The normalized spacial score (nSPS) is 14.8. The van der Waals surface area contributed by atoms with Crippen LogP contribution in [0.2, 0.25) is 0 Å². The lowest BCUT2D eigenvalue weighted by Crippen LogP contribution is -2.36. The topological polar surface area (TPSA) is 78.9 Å². The minimum atomic E-state index is -0.878. The summed E-state index contributed by atoms with van der Waals surface area (Å²) in [5.41, 5.74) is 1.74. The Bertz CT molecular complexity index is 498. The number of ether oxygens (including phenoxy) is 1. The minimum Gasteiger partial charge on any atom is -0.481 e. The molecule has 21 heavy (non-hydrogen) atoms. The zero-order valence-electron chi connectivity index (χ0n) is 11.9. The molecule has 0 bridgehead atoms. The third kappa shape index (κ3) is 4.75. The van der Waals surface area contributed by atoms with Crippen LogP contribution in [0.1, 0.15) is 19.3 Å². The van der Waals surface area contributed by atoms with Gasteiger partial charge in [-0.2, -0.15) is 0 Å². The molecule has 0 aromatic heterocycles. The summed E-state index contributed by atoms with van der Waals surface area (Å²) in [6.45, 7) is 2.96. The van der Waals surface area contributed by atoms with Gasteiger partial charge in [-0.1, -0.05) is 12.1 Å². The van der Waals surface area contributed by atoms with E-state index in [4.69, 9.17) is 9.84 Å². The summed E-state index contributed by atoms with van der Waals surface area (Å²) < 4.78 is 5.33. The molecule has 1 saturated heterocycles. The Balaban J connectivity index is 1.96. The highest BCUT2D eigenvalue weighted by molar-refractivity contribution is 5.94. The Hall–Kier alpha value is -2.08. The van der Waals surface area contributed by atoms with Crippen LogP contribution in [0.4, 0.5) is 11.4 Å². The van der Waals surface area contributed by atoms with Crippen molar-refractivity contribution >= 4 is 23.3 Å². The van der Waals surface area contributed by atoms with Crippen molar-refractivity contribution in [1.29, 1.82) is 0 Å².